The third-order valence-electron chi connectivity index (χ3n) is 6.28. The van der Waals surface area contributed by atoms with Gasteiger partial charge in [0.25, 0.3) is 0 Å². The molecule has 1 unspecified atom stereocenters. The smallest absolute Gasteiger partial charge is 0.238 e. The number of rotatable bonds is 5. The van der Waals surface area contributed by atoms with Crippen LogP contribution < -0.4 is 10.6 Å². The SMILES string of the molecule is Cc1ccnc(NC(=O)C2CCN(C(C)C(=O)NC3(C#N)CCCCC3)CC2)c1. The molecule has 2 heterocycles. The summed E-state index contributed by atoms with van der Waals surface area (Å²) < 4.78 is 0. The minimum atomic E-state index is -0.706. The minimum Gasteiger partial charge on any atom is -0.336 e. The summed E-state index contributed by atoms with van der Waals surface area (Å²) in [6, 6.07) is 5.79. The van der Waals surface area contributed by atoms with Crippen LogP contribution >= 0.6 is 0 Å². The summed E-state index contributed by atoms with van der Waals surface area (Å²) in [5.41, 5.74) is 0.348. The zero-order valence-electron chi connectivity index (χ0n) is 17.4. The Bertz CT molecular complexity index is 774. The predicted molar refractivity (Wildman–Crippen MR) is 111 cm³/mol. The summed E-state index contributed by atoms with van der Waals surface area (Å²) in [5.74, 6) is 0.415. The number of carbonyl (C=O) groups is 2. The number of hydrogen-bond donors (Lipinski definition) is 2. The van der Waals surface area contributed by atoms with E-state index in [1.807, 2.05) is 26.0 Å². The van der Waals surface area contributed by atoms with Gasteiger partial charge in [0.1, 0.15) is 11.4 Å². The number of carbonyl (C=O) groups excluding carboxylic acids is 2. The van der Waals surface area contributed by atoms with Crippen LogP contribution in [0.3, 0.4) is 0 Å². The first-order chi connectivity index (χ1) is 13.9. The largest absolute Gasteiger partial charge is 0.336 e. The van der Waals surface area contributed by atoms with Crippen LogP contribution in [-0.2, 0) is 9.59 Å². The molecule has 1 aliphatic heterocycles. The number of amides is 2. The van der Waals surface area contributed by atoms with Crippen molar-refractivity contribution in [3.05, 3.63) is 23.9 Å². The predicted octanol–water partition coefficient (Wildman–Crippen LogP) is 2.77. The van der Waals surface area contributed by atoms with Crippen LogP contribution in [0.2, 0.25) is 0 Å². The van der Waals surface area contributed by atoms with E-state index < -0.39 is 5.54 Å². The summed E-state index contributed by atoms with van der Waals surface area (Å²) in [6.45, 7) is 5.23. The lowest BCUT2D eigenvalue weighted by Gasteiger charge is -2.37. The lowest BCUT2D eigenvalue weighted by Crippen LogP contribution is -2.56. The maximum Gasteiger partial charge on any atom is 0.238 e. The molecule has 1 saturated carbocycles. The van der Waals surface area contributed by atoms with Gasteiger partial charge in [-0.25, -0.2) is 4.98 Å². The molecule has 3 rings (SSSR count). The quantitative estimate of drug-likeness (QED) is 0.796. The van der Waals surface area contributed by atoms with E-state index in [4.69, 9.17) is 0 Å². The van der Waals surface area contributed by atoms with E-state index in [1.54, 1.807) is 6.20 Å². The molecule has 1 aliphatic carbocycles. The van der Waals surface area contributed by atoms with E-state index in [1.165, 1.54) is 0 Å². The minimum absolute atomic E-state index is 0.00880. The zero-order valence-corrected chi connectivity index (χ0v) is 17.4. The number of aryl methyl sites for hydroxylation is 1. The highest BCUT2D eigenvalue weighted by molar-refractivity contribution is 5.91. The molecule has 2 fully saturated rings. The first-order valence-corrected chi connectivity index (χ1v) is 10.6. The number of nitrogens with one attached hydrogen (secondary N) is 2. The zero-order chi connectivity index (χ0) is 20.9. The van der Waals surface area contributed by atoms with Gasteiger partial charge in [0.15, 0.2) is 0 Å². The molecular weight excluding hydrogens is 366 g/mol. The van der Waals surface area contributed by atoms with Crippen molar-refractivity contribution in [2.45, 2.75) is 70.4 Å². The molecule has 1 saturated heterocycles. The molecule has 1 atom stereocenters. The average molecular weight is 398 g/mol. The Morgan fingerprint density at radius 3 is 2.59 bits per heavy atom. The van der Waals surface area contributed by atoms with Crippen molar-refractivity contribution in [1.82, 2.24) is 15.2 Å². The van der Waals surface area contributed by atoms with E-state index in [2.05, 4.69) is 26.6 Å². The van der Waals surface area contributed by atoms with Gasteiger partial charge in [-0.1, -0.05) is 19.3 Å². The molecule has 0 bridgehead atoms. The summed E-state index contributed by atoms with van der Waals surface area (Å²) in [7, 11) is 0. The van der Waals surface area contributed by atoms with Gasteiger partial charge in [-0.2, -0.15) is 5.26 Å². The van der Waals surface area contributed by atoms with Gasteiger partial charge in [-0.3, -0.25) is 14.5 Å². The number of likely N-dealkylation sites (tertiary alicyclic amines) is 1. The van der Waals surface area contributed by atoms with Gasteiger partial charge in [-0.05, 0) is 70.3 Å². The monoisotopic (exact) mass is 397 g/mol. The summed E-state index contributed by atoms with van der Waals surface area (Å²) in [4.78, 5) is 31.6. The molecule has 0 aromatic carbocycles. The number of pyridine rings is 1. The van der Waals surface area contributed by atoms with E-state index in [-0.39, 0.29) is 23.8 Å². The van der Waals surface area contributed by atoms with Crippen molar-refractivity contribution in [3.8, 4) is 6.07 Å². The maximum absolute atomic E-state index is 12.8. The third-order valence-corrected chi connectivity index (χ3v) is 6.28. The molecular formula is C22H31N5O2. The Balaban J connectivity index is 1.49. The molecule has 0 radical (unpaired) electrons. The van der Waals surface area contributed by atoms with Gasteiger partial charge in [0, 0.05) is 12.1 Å². The Labute approximate surface area is 172 Å². The lowest BCUT2D eigenvalue weighted by atomic mass is 9.82. The molecule has 2 amide bonds. The van der Waals surface area contributed by atoms with Gasteiger partial charge in [0.05, 0.1) is 12.1 Å². The number of hydrogen-bond acceptors (Lipinski definition) is 5. The maximum atomic E-state index is 12.8. The standard InChI is InChI=1S/C22H31N5O2/c1-16-6-11-24-19(14-16)25-21(29)18-7-12-27(13-8-18)17(2)20(28)26-22(15-23)9-4-3-5-10-22/h6,11,14,17-18H,3-5,7-10,12-13H2,1-2H3,(H,26,28)(H,24,25,29). The molecule has 2 aliphatic rings. The Kier molecular flexibility index (Phi) is 6.86. The normalized spacial score (nSPS) is 21.0. The molecule has 1 aromatic rings. The van der Waals surface area contributed by atoms with Crippen molar-refractivity contribution in [2.75, 3.05) is 18.4 Å². The second-order valence-corrected chi connectivity index (χ2v) is 8.44. The first-order valence-electron chi connectivity index (χ1n) is 10.6. The van der Waals surface area contributed by atoms with E-state index in [0.717, 1.165) is 37.7 Å². The fraction of sp³-hybridized carbons (Fsp3) is 0.636. The van der Waals surface area contributed by atoms with Crippen LogP contribution in [0.15, 0.2) is 18.3 Å². The van der Waals surface area contributed by atoms with Crippen molar-refractivity contribution in [1.29, 1.82) is 5.26 Å². The molecule has 7 nitrogen and oxygen atoms in total. The molecule has 29 heavy (non-hydrogen) atoms. The molecule has 156 valence electrons. The van der Waals surface area contributed by atoms with Crippen LogP contribution in [-0.4, -0.2) is 46.4 Å². The molecule has 0 spiro atoms. The Hall–Kier alpha value is -2.46. The highest BCUT2D eigenvalue weighted by Crippen LogP contribution is 2.28. The van der Waals surface area contributed by atoms with Crippen molar-refractivity contribution in [2.24, 2.45) is 5.92 Å². The Morgan fingerprint density at radius 2 is 1.97 bits per heavy atom. The van der Waals surface area contributed by atoms with Crippen molar-refractivity contribution in [3.63, 3.8) is 0 Å². The summed E-state index contributed by atoms with van der Waals surface area (Å²) >= 11 is 0. The van der Waals surface area contributed by atoms with Crippen molar-refractivity contribution >= 4 is 17.6 Å². The number of nitrogens with zero attached hydrogens (tertiary/aromatic N) is 3. The van der Waals surface area contributed by atoms with Crippen molar-refractivity contribution < 1.29 is 9.59 Å². The van der Waals surface area contributed by atoms with Gasteiger partial charge < -0.3 is 10.6 Å². The Morgan fingerprint density at radius 1 is 1.28 bits per heavy atom. The molecule has 2 N–H and O–H groups in total. The average Bonchev–Trinajstić information content (AvgIpc) is 2.74. The second kappa shape index (κ2) is 9.36. The van der Waals surface area contributed by atoms with E-state index in [9.17, 15) is 14.9 Å². The van der Waals surface area contributed by atoms with Gasteiger partial charge in [0.2, 0.25) is 11.8 Å². The fourth-order valence-electron chi connectivity index (χ4n) is 4.31. The van der Waals surface area contributed by atoms with Crippen LogP contribution in [0.1, 0.15) is 57.4 Å². The van der Waals surface area contributed by atoms with Crippen LogP contribution in [0.5, 0.6) is 0 Å². The van der Waals surface area contributed by atoms with Crippen LogP contribution in [0.4, 0.5) is 5.82 Å². The van der Waals surface area contributed by atoms with E-state index in [0.29, 0.717) is 31.7 Å². The van der Waals surface area contributed by atoms with E-state index >= 15 is 0 Å². The highest BCUT2D eigenvalue weighted by Gasteiger charge is 2.37. The summed E-state index contributed by atoms with van der Waals surface area (Å²) in [5, 5.41) is 15.5. The van der Waals surface area contributed by atoms with Gasteiger partial charge in [-0.15, -0.1) is 0 Å². The number of nitriles is 1. The number of anilines is 1. The number of piperidine rings is 1. The lowest BCUT2D eigenvalue weighted by molar-refractivity contribution is -0.128. The first kappa shape index (κ1) is 21.3. The van der Waals surface area contributed by atoms with Crippen LogP contribution in [0, 0.1) is 24.2 Å². The topological polar surface area (TPSA) is 98.1 Å². The fourth-order valence-corrected chi connectivity index (χ4v) is 4.31. The van der Waals surface area contributed by atoms with Crippen LogP contribution in [0.25, 0.3) is 0 Å². The molecule has 1 aromatic heterocycles. The van der Waals surface area contributed by atoms with Gasteiger partial charge >= 0.3 is 0 Å². The third kappa shape index (κ3) is 5.33. The second-order valence-electron chi connectivity index (χ2n) is 8.44. The molecule has 7 heteroatoms. The number of aromatic nitrogens is 1. The highest BCUT2D eigenvalue weighted by atomic mass is 16.2. The summed E-state index contributed by atoms with van der Waals surface area (Å²) in [6.07, 6.45) is 7.67.